The first-order chi connectivity index (χ1) is 9.89. The van der Waals surface area contributed by atoms with Gasteiger partial charge in [0.05, 0.1) is 6.61 Å². The standard InChI is InChI=1S/C14H25N5O2/c1-4-21-13(20)12-16-11(17-18-12)10-5-7-19(8-6-10)9-14(2,3)15/h10H,4-9,15H2,1-3H3,(H,16,17,18). The van der Waals surface area contributed by atoms with Crippen LogP contribution >= 0.6 is 0 Å². The molecule has 0 spiro atoms. The van der Waals surface area contributed by atoms with Crippen molar-refractivity contribution in [2.45, 2.75) is 45.1 Å². The van der Waals surface area contributed by atoms with Crippen molar-refractivity contribution < 1.29 is 9.53 Å². The number of hydrogen-bond acceptors (Lipinski definition) is 6. The number of rotatable bonds is 5. The quantitative estimate of drug-likeness (QED) is 0.783. The summed E-state index contributed by atoms with van der Waals surface area (Å²) in [5.41, 5.74) is 5.89. The van der Waals surface area contributed by atoms with Crippen LogP contribution in [0.1, 0.15) is 56.0 Å². The molecule has 0 amide bonds. The molecule has 1 aromatic rings. The fourth-order valence-corrected chi connectivity index (χ4v) is 2.68. The zero-order chi connectivity index (χ0) is 15.5. The van der Waals surface area contributed by atoms with Gasteiger partial charge in [0.2, 0.25) is 0 Å². The summed E-state index contributed by atoms with van der Waals surface area (Å²) in [7, 11) is 0. The second kappa shape index (κ2) is 6.53. The van der Waals surface area contributed by atoms with E-state index >= 15 is 0 Å². The molecule has 3 N–H and O–H groups in total. The molecular weight excluding hydrogens is 270 g/mol. The predicted molar refractivity (Wildman–Crippen MR) is 79.0 cm³/mol. The minimum atomic E-state index is -0.470. The topological polar surface area (TPSA) is 97.1 Å². The maximum atomic E-state index is 11.6. The Labute approximate surface area is 125 Å². The Bertz CT molecular complexity index is 472. The minimum absolute atomic E-state index is 0.123. The van der Waals surface area contributed by atoms with E-state index in [1.54, 1.807) is 6.92 Å². The Morgan fingerprint density at radius 1 is 1.48 bits per heavy atom. The molecule has 1 aliphatic heterocycles. The number of ether oxygens (including phenoxy) is 1. The highest BCUT2D eigenvalue weighted by Crippen LogP contribution is 2.26. The summed E-state index contributed by atoms with van der Waals surface area (Å²) in [5.74, 6) is 0.752. The van der Waals surface area contributed by atoms with Crippen LogP contribution in [0, 0.1) is 0 Å². The number of carbonyl (C=O) groups is 1. The average Bonchev–Trinajstić information content (AvgIpc) is 2.87. The molecule has 0 aliphatic carbocycles. The molecule has 1 aromatic heterocycles. The molecule has 2 rings (SSSR count). The molecule has 118 valence electrons. The van der Waals surface area contributed by atoms with E-state index in [0.717, 1.165) is 38.3 Å². The van der Waals surface area contributed by atoms with E-state index in [4.69, 9.17) is 10.5 Å². The van der Waals surface area contributed by atoms with Crippen molar-refractivity contribution >= 4 is 5.97 Å². The first-order valence-corrected chi connectivity index (χ1v) is 7.49. The van der Waals surface area contributed by atoms with Gasteiger partial charge in [-0.05, 0) is 46.7 Å². The van der Waals surface area contributed by atoms with Gasteiger partial charge in [-0.2, -0.15) is 0 Å². The molecule has 0 saturated carbocycles. The van der Waals surface area contributed by atoms with Crippen LogP contribution in [-0.4, -0.2) is 57.8 Å². The first-order valence-electron chi connectivity index (χ1n) is 7.49. The zero-order valence-electron chi connectivity index (χ0n) is 13.1. The van der Waals surface area contributed by atoms with Crippen LogP contribution in [0.5, 0.6) is 0 Å². The molecule has 1 saturated heterocycles. The lowest BCUT2D eigenvalue weighted by molar-refractivity contribution is 0.0512. The Balaban J connectivity index is 1.89. The number of esters is 1. The lowest BCUT2D eigenvalue weighted by Crippen LogP contribution is -2.47. The summed E-state index contributed by atoms with van der Waals surface area (Å²) in [6.45, 7) is 9.05. The van der Waals surface area contributed by atoms with Crippen LogP contribution in [0.2, 0.25) is 0 Å². The maximum Gasteiger partial charge on any atom is 0.378 e. The van der Waals surface area contributed by atoms with Crippen molar-refractivity contribution in [2.24, 2.45) is 5.73 Å². The molecule has 21 heavy (non-hydrogen) atoms. The van der Waals surface area contributed by atoms with Crippen molar-refractivity contribution in [2.75, 3.05) is 26.2 Å². The number of carbonyl (C=O) groups excluding carboxylic acids is 1. The van der Waals surface area contributed by atoms with Gasteiger partial charge < -0.3 is 15.4 Å². The van der Waals surface area contributed by atoms with E-state index in [0.29, 0.717) is 12.5 Å². The fraction of sp³-hybridized carbons (Fsp3) is 0.786. The van der Waals surface area contributed by atoms with Crippen LogP contribution in [-0.2, 0) is 4.74 Å². The van der Waals surface area contributed by atoms with E-state index in [1.165, 1.54) is 0 Å². The van der Waals surface area contributed by atoms with Crippen LogP contribution in [0.4, 0.5) is 0 Å². The van der Waals surface area contributed by atoms with E-state index in [9.17, 15) is 4.79 Å². The van der Waals surface area contributed by atoms with Gasteiger partial charge in [0.15, 0.2) is 0 Å². The van der Waals surface area contributed by atoms with E-state index < -0.39 is 5.97 Å². The second-order valence-electron chi connectivity index (χ2n) is 6.30. The van der Waals surface area contributed by atoms with Gasteiger partial charge in [-0.15, -0.1) is 5.10 Å². The Morgan fingerprint density at radius 3 is 2.71 bits per heavy atom. The monoisotopic (exact) mass is 295 g/mol. The largest absolute Gasteiger partial charge is 0.460 e. The SMILES string of the molecule is CCOC(=O)c1n[nH]c(C2CCN(CC(C)(C)N)CC2)n1. The molecule has 7 heteroatoms. The summed E-state index contributed by atoms with van der Waals surface area (Å²) in [6.07, 6.45) is 1.99. The van der Waals surface area contributed by atoms with Crippen molar-refractivity contribution in [3.8, 4) is 0 Å². The van der Waals surface area contributed by atoms with E-state index in [2.05, 4.69) is 20.1 Å². The highest BCUT2D eigenvalue weighted by atomic mass is 16.5. The number of hydrogen-bond donors (Lipinski definition) is 2. The molecule has 2 heterocycles. The average molecular weight is 295 g/mol. The number of H-pyrrole nitrogens is 1. The molecule has 0 atom stereocenters. The number of nitrogens with zero attached hydrogens (tertiary/aromatic N) is 3. The first kappa shape index (κ1) is 15.9. The molecule has 0 radical (unpaired) electrons. The van der Waals surface area contributed by atoms with Gasteiger partial charge in [-0.25, -0.2) is 9.78 Å². The van der Waals surface area contributed by atoms with Crippen LogP contribution in [0.25, 0.3) is 0 Å². The van der Waals surface area contributed by atoms with Gasteiger partial charge in [0.1, 0.15) is 5.82 Å². The third-order valence-electron chi connectivity index (χ3n) is 3.57. The van der Waals surface area contributed by atoms with Gasteiger partial charge in [-0.3, -0.25) is 5.10 Å². The summed E-state index contributed by atoms with van der Waals surface area (Å²) in [6, 6.07) is 0. The van der Waals surface area contributed by atoms with Gasteiger partial charge in [0, 0.05) is 18.0 Å². The zero-order valence-corrected chi connectivity index (χ0v) is 13.1. The fourth-order valence-electron chi connectivity index (χ4n) is 2.68. The van der Waals surface area contributed by atoms with Crippen molar-refractivity contribution in [3.05, 3.63) is 11.6 Å². The smallest absolute Gasteiger partial charge is 0.378 e. The van der Waals surface area contributed by atoms with E-state index in [-0.39, 0.29) is 11.4 Å². The Hall–Kier alpha value is -1.47. The molecule has 0 unspecified atom stereocenters. The summed E-state index contributed by atoms with van der Waals surface area (Å²) in [5, 5.41) is 6.82. The van der Waals surface area contributed by atoms with E-state index in [1.807, 2.05) is 13.8 Å². The number of aromatic amines is 1. The maximum absolute atomic E-state index is 11.6. The van der Waals surface area contributed by atoms with Gasteiger partial charge >= 0.3 is 5.97 Å². The number of likely N-dealkylation sites (tertiary alicyclic amines) is 1. The van der Waals surface area contributed by atoms with Crippen molar-refractivity contribution in [1.82, 2.24) is 20.1 Å². The van der Waals surface area contributed by atoms with Crippen LogP contribution < -0.4 is 5.73 Å². The number of piperidine rings is 1. The molecular formula is C14H25N5O2. The highest BCUT2D eigenvalue weighted by Gasteiger charge is 2.26. The van der Waals surface area contributed by atoms with Crippen molar-refractivity contribution in [1.29, 1.82) is 0 Å². The van der Waals surface area contributed by atoms with Gasteiger partial charge in [0.25, 0.3) is 5.82 Å². The van der Waals surface area contributed by atoms with Gasteiger partial charge in [-0.1, -0.05) is 0 Å². The summed E-state index contributed by atoms with van der Waals surface area (Å²) >= 11 is 0. The molecule has 1 aliphatic rings. The number of nitrogens with two attached hydrogens (primary N) is 1. The summed E-state index contributed by atoms with van der Waals surface area (Å²) in [4.78, 5) is 18.2. The van der Waals surface area contributed by atoms with Crippen LogP contribution in [0.15, 0.2) is 0 Å². The Morgan fingerprint density at radius 2 is 2.14 bits per heavy atom. The lowest BCUT2D eigenvalue weighted by Gasteiger charge is -2.35. The number of aromatic nitrogens is 3. The lowest BCUT2D eigenvalue weighted by atomic mass is 9.95. The second-order valence-corrected chi connectivity index (χ2v) is 6.30. The molecule has 0 bridgehead atoms. The molecule has 7 nitrogen and oxygen atoms in total. The van der Waals surface area contributed by atoms with Crippen molar-refractivity contribution in [3.63, 3.8) is 0 Å². The third kappa shape index (κ3) is 4.50. The molecule has 0 aromatic carbocycles. The number of nitrogens with one attached hydrogen (secondary N) is 1. The molecule has 1 fully saturated rings. The Kier molecular flexibility index (Phi) is 4.95. The normalized spacial score (nSPS) is 17.9. The van der Waals surface area contributed by atoms with Crippen LogP contribution in [0.3, 0.4) is 0 Å². The third-order valence-corrected chi connectivity index (χ3v) is 3.57. The highest BCUT2D eigenvalue weighted by molar-refractivity contribution is 5.84. The predicted octanol–water partition coefficient (Wildman–Crippen LogP) is 0.898. The summed E-state index contributed by atoms with van der Waals surface area (Å²) < 4.78 is 4.89. The minimum Gasteiger partial charge on any atom is -0.460 e.